The highest BCUT2D eigenvalue weighted by molar-refractivity contribution is 9.11. The van der Waals surface area contributed by atoms with Gasteiger partial charge in [0.2, 0.25) is 0 Å². The zero-order valence-corrected chi connectivity index (χ0v) is 31.4. The number of aromatic nitrogens is 3. The third-order valence-electron chi connectivity index (χ3n) is 9.19. The normalized spacial score (nSPS) is 11.0. The van der Waals surface area contributed by atoms with Crippen LogP contribution in [0, 0.1) is 0 Å². The van der Waals surface area contributed by atoms with Crippen molar-refractivity contribution in [3.05, 3.63) is 196 Å². The van der Waals surface area contributed by atoms with Crippen LogP contribution in [-0.4, -0.2) is 15.0 Å². The van der Waals surface area contributed by atoms with Crippen molar-refractivity contribution in [3.8, 4) is 67.5 Å². The Kier molecular flexibility index (Phi) is 9.96. The zero-order chi connectivity index (χ0) is 35.3. The van der Waals surface area contributed by atoms with E-state index in [0.29, 0.717) is 17.5 Å². The molecule has 8 rings (SSSR count). The highest BCUT2D eigenvalue weighted by Crippen LogP contribution is 2.32. The van der Waals surface area contributed by atoms with Gasteiger partial charge in [-0.3, -0.25) is 0 Å². The average Bonchev–Trinajstić information content (AvgIpc) is 3.22. The van der Waals surface area contributed by atoms with Crippen LogP contribution in [0.4, 0.5) is 0 Å². The van der Waals surface area contributed by atoms with E-state index in [0.717, 1.165) is 71.9 Å². The largest absolute Gasteiger partial charge is 0.208 e. The van der Waals surface area contributed by atoms with Gasteiger partial charge in [-0.1, -0.05) is 171 Å². The topological polar surface area (TPSA) is 38.7 Å². The van der Waals surface area contributed by atoms with Crippen molar-refractivity contribution in [1.82, 2.24) is 15.0 Å². The number of halogens is 2. The Hall–Kier alpha value is -5.49. The van der Waals surface area contributed by atoms with E-state index in [9.17, 15) is 0 Å². The van der Waals surface area contributed by atoms with E-state index in [1.54, 1.807) is 0 Å². The van der Waals surface area contributed by atoms with Crippen LogP contribution in [0.1, 0.15) is 11.1 Å². The van der Waals surface area contributed by atoms with Crippen molar-refractivity contribution in [2.24, 2.45) is 0 Å². The van der Waals surface area contributed by atoms with Crippen molar-refractivity contribution < 1.29 is 0 Å². The van der Waals surface area contributed by atoms with Crippen LogP contribution in [0.15, 0.2) is 185 Å². The maximum absolute atomic E-state index is 5.10. The second-order valence-electron chi connectivity index (χ2n) is 12.7. The lowest BCUT2D eigenvalue weighted by Crippen LogP contribution is -2.00. The third-order valence-corrected chi connectivity index (χ3v) is 10.5. The predicted molar refractivity (Wildman–Crippen MR) is 222 cm³/mol. The molecule has 0 atom stereocenters. The van der Waals surface area contributed by atoms with Crippen LogP contribution in [-0.2, 0) is 12.8 Å². The van der Waals surface area contributed by atoms with Gasteiger partial charge in [0, 0.05) is 25.6 Å². The van der Waals surface area contributed by atoms with E-state index in [4.69, 9.17) is 15.0 Å². The molecule has 0 bridgehead atoms. The summed E-state index contributed by atoms with van der Waals surface area (Å²) in [6, 6.07) is 61.3. The molecule has 0 aliphatic carbocycles. The molecule has 0 amide bonds. The zero-order valence-electron chi connectivity index (χ0n) is 28.3. The summed E-state index contributed by atoms with van der Waals surface area (Å²) in [4.78, 5) is 15.3. The quantitative estimate of drug-likeness (QED) is 0.146. The van der Waals surface area contributed by atoms with E-state index in [-0.39, 0.29) is 0 Å². The molecule has 52 heavy (non-hydrogen) atoms. The Labute approximate surface area is 321 Å². The Balaban J connectivity index is 1.15. The van der Waals surface area contributed by atoms with E-state index in [2.05, 4.69) is 196 Å². The molecular formula is C47H33Br2N3. The number of benzene rings is 7. The summed E-state index contributed by atoms with van der Waals surface area (Å²) in [6.07, 6.45) is 1.92. The molecule has 0 spiro atoms. The number of aryl methyl sites for hydroxylation is 2. The van der Waals surface area contributed by atoms with Crippen LogP contribution in [0.2, 0.25) is 0 Å². The van der Waals surface area contributed by atoms with Gasteiger partial charge in [0.1, 0.15) is 0 Å². The fourth-order valence-corrected chi connectivity index (χ4v) is 7.27. The molecule has 0 aliphatic rings. The van der Waals surface area contributed by atoms with Gasteiger partial charge in [0.25, 0.3) is 0 Å². The SMILES string of the molecule is Brc1ccc(Br)c(CCc2ccc(-c3cccc(-c4nc(-c5cccc(-c6ccccc6)c5)nc(-c5cccc(-c6ccccc6)c5)n4)c3)cc2)c1. The fourth-order valence-electron chi connectivity index (χ4n) is 6.42. The molecule has 1 heterocycles. The van der Waals surface area contributed by atoms with Crippen LogP contribution in [0.25, 0.3) is 67.5 Å². The van der Waals surface area contributed by atoms with E-state index in [1.807, 2.05) is 12.1 Å². The minimum absolute atomic E-state index is 0.633. The molecule has 0 radical (unpaired) electrons. The van der Waals surface area contributed by atoms with Gasteiger partial charge in [0.15, 0.2) is 17.5 Å². The van der Waals surface area contributed by atoms with E-state index >= 15 is 0 Å². The molecule has 0 unspecified atom stereocenters. The second kappa shape index (κ2) is 15.4. The van der Waals surface area contributed by atoms with E-state index < -0.39 is 0 Å². The standard InChI is InChI=1S/C47H33Br2N3/c48-43-26-27-44(49)39(31-43)25-22-32-20-23-35(24-21-32)38-16-9-19-42(30-38)47-51-45(40-17-7-14-36(28-40)33-10-3-1-4-11-33)50-46(52-47)41-18-8-15-37(29-41)34-12-5-2-6-13-34/h1-21,23-24,26-31H,22,25H2. The maximum atomic E-state index is 5.10. The van der Waals surface area contributed by atoms with Crippen LogP contribution in [0.3, 0.4) is 0 Å². The lowest BCUT2D eigenvalue weighted by Gasteiger charge is -2.11. The Morgan fingerprint density at radius 3 is 1.19 bits per heavy atom. The molecule has 7 aromatic carbocycles. The lowest BCUT2D eigenvalue weighted by atomic mass is 9.99. The number of rotatable bonds is 9. The number of hydrogen-bond acceptors (Lipinski definition) is 3. The first kappa shape index (κ1) is 33.6. The Morgan fingerprint density at radius 1 is 0.327 bits per heavy atom. The predicted octanol–water partition coefficient (Wildman–Crippen LogP) is 13.2. The summed E-state index contributed by atoms with van der Waals surface area (Å²) >= 11 is 7.30. The Morgan fingerprint density at radius 2 is 0.731 bits per heavy atom. The summed E-state index contributed by atoms with van der Waals surface area (Å²) < 4.78 is 2.24. The lowest BCUT2D eigenvalue weighted by molar-refractivity contribution is 0.953. The second-order valence-corrected chi connectivity index (χ2v) is 14.5. The molecule has 250 valence electrons. The molecular weight excluding hydrogens is 766 g/mol. The number of nitrogens with zero attached hydrogens (tertiary/aromatic N) is 3. The van der Waals surface area contributed by atoms with Gasteiger partial charge in [0.05, 0.1) is 0 Å². The van der Waals surface area contributed by atoms with Gasteiger partial charge in [-0.15, -0.1) is 0 Å². The van der Waals surface area contributed by atoms with Crippen LogP contribution in [0.5, 0.6) is 0 Å². The highest BCUT2D eigenvalue weighted by atomic mass is 79.9. The summed E-state index contributed by atoms with van der Waals surface area (Å²) in [5.41, 5.74) is 12.2. The molecule has 1 aromatic heterocycles. The molecule has 0 saturated heterocycles. The molecule has 5 heteroatoms. The molecule has 0 aliphatic heterocycles. The molecule has 0 saturated carbocycles. The summed E-state index contributed by atoms with van der Waals surface area (Å²) in [5, 5.41) is 0. The fraction of sp³-hybridized carbons (Fsp3) is 0.0426. The van der Waals surface area contributed by atoms with Gasteiger partial charge in [-0.2, -0.15) is 0 Å². The molecule has 8 aromatic rings. The van der Waals surface area contributed by atoms with Gasteiger partial charge in [-0.25, -0.2) is 15.0 Å². The van der Waals surface area contributed by atoms with Crippen molar-refractivity contribution in [3.63, 3.8) is 0 Å². The minimum atomic E-state index is 0.633. The summed E-state index contributed by atoms with van der Waals surface area (Å²) in [6.45, 7) is 0. The Bertz CT molecular complexity index is 2380. The maximum Gasteiger partial charge on any atom is 0.164 e. The smallest absolute Gasteiger partial charge is 0.164 e. The first-order valence-electron chi connectivity index (χ1n) is 17.3. The highest BCUT2D eigenvalue weighted by Gasteiger charge is 2.15. The monoisotopic (exact) mass is 797 g/mol. The van der Waals surface area contributed by atoms with Crippen molar-refractivity contribution in [1.29, 1.82) is 0 Å². The minimum Gasteiger partial charge on any atom is -0.208 e. The number of hydrogen-bond donors (Lipinski definition) is 0. The van der Waals surface area contributed by atoms with Gasteiger partial charge >= 0.3 is 0 Å². The van der Waals surface area contributed by atoms with Crippen LogP contribution < -0.4 is 0 Å². The van der Waals surface area contributed by atoms with Crippen molar-refractivity contribution in [2.75, 3.05) is 0 Å². The van der Waals surface area contributed by atoms with Crippen molar-refractivity contribution >= 4 is 31.9 Å². The van der Waals surface area contributed by atoms with Gasteiger partial charge < -0.3 is 0 Å². The first-order chi connectivity index (χ1) is 25.6. The molecule has 0 N–H and O–H groups in total. The van der Waals surface area contributed by atoms with E-state index in [1.165, 1.54) is 11.1 Å². The van der Waals surface area contributed by atoms with Gasteiger partial charge in [-0.05, 0) is 93.7 Å². The molecule has 3 nitrogen and oxygen atoms in total. The third kappa shape index (κ3) is 7.71. The van der Waals surface area contributed by atoms with Crippen molar-refractivity contribution in [2.45, 2.75) is 12.8 Å². The summed E-state index contributed by atoms with van der Waals surface area (Å²) in [7, 11) is 0. The average molecular weight is 800 g/mol. The first-order valence-corrected chi connectivity index (χ1v) is 18.9. The van der Waals surface area contributed by atoms with Crippen LogP contribution >= 0.6 is 31.9 Å². The molecule has 0 fully saturated rings. The summed E-state index contributed by atoms with van der Waals surface area (Å²) in [5.74, 6) is 1.90.